The van der Waals surface area contributed by atoms with Crippen molar-refractivity contribution in [1.29, 1.82) is 0 Å². The summed E-state index contributed by atoms with van der Waals surface area (Å²) in [5.41, 5.74) is 0. The summed E-state index contributed by atoms with van der Waals surface area (Å²) in [6, 6.07) is 10.1. The molecule has 0 aromatic heterocycles. The second-order valence-electron chi connectivity index (χ2n) is 2.87. The fourth-order valence-corrected chi connectivity index (χ4v) is 2.34. The van der Waals surface area contributed by atoms with Crippen molar-refractivity contribution in [3.63, 3.8) is 0 Å². The number of carbonyl (C=O) groups excluding carboxylic acids is 1. The highest BCUT2D eigenvalue weighted by Gasteiger charge is 2.13. The van der Waals surface area contributed by atoms with Crippen molar-refractivity contribution < 1.29 is 9.90 Å². The molecule has 76 valence electrons. The molecular formula is C10H13NO2S. The Hall–Kier alpha value is -1.16. The van der Waals surface area contributed by atoms with E-state index < -0.39 is 6.09 Å². The second-order valence-corrected chi connectivity index (χ2v) is 5.02. The van der Waals surface area contributed by atoms with Gasteiger partial charge in [0.1, 0.15) is 18.1 Å². The molecule has 0 saturated heterocycles. The fraction of sp³-hybridized carbons (Fsp3) is 0.300. The van der Waals surface area contributed by atoms with E-state index in [9.17, 15) is 9.90 Å². The van der Waals surface area contributed by atoms with E-state index in [-0.39, 0.29) is 10.9 Å². The number of benzene rings is 1. The van der Waals surface area contributed by atoms with Crippen LogP contribution in [0.4, 0.5) is 4.79 Å². The molecule has 1 unspecified atom stereocenters. The van der Waals surface area contributed by atoms with Crippen LogP contribution in [0.25, 0.3) is 0 Å². The van der Waals surface area contributed by atoms with Crippen molar-refractivity contribution >= 4 is 17.0 Å². The summed E-state index contributed by atoms with van der Waals surface area (Å²) in [5.74, 6) is 0.817. The molecule has 1 atom stereocenters. The molecule has 0 heterocycles. The largest absolute Gasteiger partial charge is 0.530 e. The van der Waals surface area contributed by atoms with Crippen molar-refractivity contribution in [3.05, 3.63) is 30.3 Å². The Morgan fingerprint density at radius 1 is 1.43 bits per heavy atom. The van der Waals surface area contributed by atoms with Crippen LogP contribution in [0, 0.1) is 0 Å². The topological polar surface area (TPSA) is 52.2 Å². The number of nitrogens with one attached hydrogen (secondary N) is 1. The van der Waals surface area contributed by atoms with Gasteiger partial charge in [0.25, 0.3) is 0 Å². The maximum absolute atomic E-state index is 10.1. The molecule has 4 heteroatoms. The third-order valence-electron chi connectivity index (χ3n) is 1.82. The first-order chi connectivity index (χ1) is 6.70. The van der Waals surface area contributed by atoms with Crippen molar-refractivity contribution in [2.24, 2.45) is 0 Å². The average Bonchev–Trinajstić information content (AvgIpc) is 2.18. The van der Waals surface area contributed by atoms with Gasteiger partial charge in [0, 0.05) is 10.9 Å². The Morgan fingerprint density at radius 3 is 2.64 bits per heavy atom. The highest BCUT2D eigenvalue weighted by atomic mass is 32.2. The van der Waals surface area contributed by atoms with Crippen molar-refractivity contribution in [2.75, 3.05) is 18.6 Å². The third kappa shape index (κ3) is 3.70. The van der Waals surface area contributed by atoms with E-state index in [1.165, 1.54) is 4.90 Å². The quantitative estimate of drug-likeness (QED) is 0.725. The summed E-state index contributed by atoms with van der Waals surface area (Å²) in [4.78, 5) is 11.4. The van der Waals surface area contributed by atoms with Gasteiger partial charge in [-0.3, -0.25) is 0 Å². The van der Waals surface area contributed by atoms with Crippen LogP contribution >= 0.6 is 0 Å². The van der Waals surface area contributed by atoms with Crippen LogP contribution in [0.3, 0.4) is 0 Å². The fourth-order valence-electron chi connectivity index (χ4n) is 1.08. The van der Waals surface area contributed by atoms with Crippen LogP contribution in [0.5, 0.6) is 0 Å². The zero-order valence-corrected chi connectivity index (χ0v) is 8.84. The van der Waals surface area contributed by atoms with E-state index in [1.54, 1.807) is 0 Å². The van der Waals surface area contributed by atoms with Gasteiger partial charge in [-0.2, -0.15) is 0 Å². The summed E-state index contributed by atoms with van der Waals surface area (Å²) in [6.07, 6.45) is 0.904. The van der Waals surface area contributed by atoms with Gasteiger partial charge in [0.05, 0.1) is 6.54 Å². The van der Waals surface area contributed by atoms with Gasteiger partial charge in [-0.15, -0.1) is 0 Å². The molecule has 0 aliphatic rings. The number of amides is 1. The van der Waals surface area contributed by atoms with E-state index in [0.29, 0.717) is 6.54 Å². The molecule has 1 rings (SSSR count). The zero-order chi connectivity index (χ0) is 10.4. The van der Waals surface area contributed by atoms with Gasteiger partial charge in [-0.05, 0) is 12.1 Å². The number of carbonyl (C=O) groups is 1. The molecule has 1 N–H and O–H groups in total. The molecule has 0 bridgehead atoms. The maximum Gasteiger partial charge on any atom is 0.154 e. The summed E-state index contributed by atoms with van der Waals surface area (Å²) < 4.78 is 0. The molecule has 0 aliphatic heterocycles. The van der Waals surface area contributed by atoms with E-state index in [2.05, 4.69) is 23.7 Å². The first-order valence-electron chi connectivity index (χ1n) is 4.32. The molecule has 0 aliphatic carbocycles. The molecule has 1 amide bonds. The molecule has 3 nitrogen and oxygen atoms in total. The SMILES string of the molecule is C[S+](CCNC(=O)[O-])c1ccccc1. The van der Waals surface area contributed by atoms with Crippen LogP contribution in [0.15, 0.2) is 35.2 Å². The predicted molar refractivity (Wildman–Crippen MR) is 56.3 cm³/mol. The normalized spacial score (nSPS) is 12.1. The zero-order valence-electron chi connectivity index (χ0n) is 8.03. The van der Waals surface area contributed by atoms with E-state index >= 15 is 0 Å². The Balaban J connectivity index is 2.36. The molecule has 1 aromatic rings. The van der Waals surface area contributed by atoms with Crippen molar-refractivity contribution in [3.8, 4) is 0 Å². The van der Waals surface area contributed by atoms with Crippen LogP contribution in [0.1, 0.15) is 0 Å². The van der Waals surface area contributed by atoms with E-state index in [4.69, 9.17) is 0 Å². The molecule has 1 aromatic carbocycles. The summed E-state index contributed by atoms with van der Waals surface area (Å²) in [7, 11) is 0.0966. The van der Waals surface area contributed by atoms with Crippen molar-refractivity contribution in [1.82, 2.24) is 5.32 Å². The standard InChI is InChI=1S/C10H13NO2S/c1-14(8-7-11-10(12)13)9-5-3-2-4-6-9/h2-6,11H,7-8H2,1H3. The smallest absolute Gasteiger partial charge is 0.154 e. The Labute approximate surface area is 86.5 Å². The van der Waals surface area contributed by atoms with Gasteiger partial charge in [0.2, 0.25) is 0 Å². The first-order valence-corrected chi connectivity index (χ1v) is 6.13. The highest BCUT2D eigenvalue weighted by Crippen LogP contribution is 2.09. The molecule has 0 fully saturated rings. The third-order valence-corrected chi connectivity index (χ3v) is 3.72. The lowest BCUT2D eigenvalue weighted by molar-refractivity contribution is -0.250. The van der Waals surface area contributed by atoms with E-state index in [0.717, 1.165) is 5.75 Å². The van der Waals surface area contributed by atoms with Crippen LogP contribution in [0.2, 0.25) is 0 Å². The molecule has 0 radical (unpaired) electrons. The second kappa shape index (κ2) is 5.54. The minimum absolute atomic E-state index is 0.0966. The molecule has 14 heavy (non-hydrogen) atoms. The highest BCUT2D eigenvalue weighted by molar-refractivity contribution is 7.96. The van der Waals surface area contributed by atoms with Crippen LogP contribution in [-0.4, -0.2) is 24.6 Å². The molecule has 0 spiro atoms. The molecule has 0 saturated carbocycles. The predicted octanol–water partition coefficient (Wildman–Crippen LogP) is 0.226. The lowest BCUT2D eigenvalue weighted by Gasteiger charge is -2.06. The Bertz CT molecular complexity index is 289. The van der Waals surface area contributed by atoms with Gasteiger partial charge in [-0.1, -0.05) is 18.2 Å². The summed E-state index contributed by atoms with van der Waals surface area (Å²) >= 11 is 0. The average molecular weight is 211 g/mol. The van der Waals surface area contributed by atoms with Gasteiger partial charge >= 0.3 is 0 Å². The monoisotopic (exact) mass is 211 g/mol. The first kappa shape index (κ1) is 10.9. The minimum Gasteiger partial charge on any atom is -0.530 e. The Kier molecular flexibility index (Phi) is 4.32. The van der Waals surface area contributed by atoms with Crippen molar-refractivity contribution in [2.45, 2.75) is 4.90 Å². The maximum atomic E-state index is 10.1. The number of carboxylic acid groups (broad SMARTS) is 1. The minimum atomic E-state index is -1.20. The van der Waals surface area contributed by atoms with Crippen LogP contribution < -0.4 is 10.4 Å². The van der Waals surface area contributed by atoms with E-state index in [1.807, 2.05) is 18.2 Å². The Morgan fingerprint density at radius 2 is 2.07 bits per heavy atom. The van der Waals surface area contributed by atoms with Gasteiger partial charge in [-0.25, -0.2) is 0 Å². The number of hydrogen-bond donors (Lipinski definition) is 1. The summed E-state index contributed by atoms with van der Waals surface area (Å²) in [6.45, 7) is 0.455. The van der Waals surface area contributed by atoms with Crippen LogP contribution in [-0.2, 0) is 10.9 Å². The summed E-state index contributed by atoms with van der Waals surface area (Å²) in [5, 5.41) is 12.4. The van der Waals surface area contributed by atoms with Gasteiger partial charge < -0.3 is 15.2 Å². The van der Waals surface area contributed by atoms with Gasteiger partial charge in [0.15, 0.2) is 4.90 Å². The molecular weight excluding hydrogens is 198 g/mol. The lowest BCUT2D eigenvalue weighted by atomic mass is 10.4. The number of rotatable bonds is 4. The lowest BCUT2D eigenvalue weighted by Crippen LogP contribution is -2.38. The number of hydrogen-bond acceptors (Lipinski definition) is 2.